The van der Waals surface area contributed by atoms with Crippen LogP contribution in [-0.4, -0.2) is 33.8 Å². The van der Waals surface area contributed by atoms with Crippen LogP contribution >= 0.6 is 21.4 Å². The van der Waals surface area contributed by atoms with Gasteiger partial charge in [0.05, 0.1) is 27.9 Å². The van der Waals surface area contributed by atoms with Gasteiger partial charge in [0.25, 0.3) is 0 Å². The highest BCUT2D eigenvalue weighted by molar-refractivity contribution is 8.10. The van der Waals surface area contributed by atoms with Gasteiger partial charge in [0, 0.05) is 0 Å². The van der Waals surface area contributed by atoms with Gasteiger partial charge < -0.3 is 8.37 Å². The summed E-state index contributed by atoms with van der Waals surface area (Å²) >= 11 is 0. The lowest BCUT2D eigenvalue weighted by Gasteiger charge is -2.21. The molecule has 1 aromatic carbocycles. The van der Waals surface area contributed by atoms with Crippen LogP contribution in [0, 0.1) is 0 Å². The molecular weight excluding hydrogens is 397 g/mol. The average molecular weight is 404 g/mol. The van der Waals surface area contributed by atoms with Gasteiger partial charge in [-0.3, -0.25) is 4.90 Å². The van der Waals surface area contributed by atoms with E-state index in [0.29, 0.717) is 10.5 Å². The van der Waals surface area contributed by atoms with Crippen LogP contribution in [0.3, 0.4) is 0 Å². The Balaban J connectivity index is 2.39. The van der Waals surface area contributed by atoms with Gasteiger partial charge in [0.2, 0.25) is 0 Å². The van der Waals surface area contributed by atoms with Gasteiger partial charge in [-0.15, -0.1) is 0 Å². The van der Waals surface area contributed by atoms with Crippen molar-refractivity contribution in [3.05, 3.63) is 35.4 Å². The molecule has 13 heteroatoms. The molecule has 1 amide bonds. The van der Waals surface area contributed by atoms with Gasteiger partial charge in [0.1, 0.15) is 0 Å². The van der Waals surface area contributed by atoms with E-state index >= 15 is 0 Å². The van der Waals surface area contributed by atoms with Crippen LogP contribution < -0.4 is 0 Å². The van der Waals surface area contributed by atoms with E-state index in [2.05, 4.69) is 8.37 Å². The SMILES string of the molecule is O=C(OS(=O)(=O)Cl)C1c2ccccc2CN1C(=O)OS(=O)(=O)Cl. The van der Waals surface area contributed by atoms with Crippen LogP contribution in [0.15, 0.2) is 24.3 Å². The zero-order chi connectivity index (χ0) is 17.4. The van der Waals surface area contributed by atoms with E-state index in [1.54, 1.807) is 12.1 Å². The number of rotatable bonds is 3. The van der Waals surface area contributed by atoms with Gasteiger partial charge in [-0.2, -0.15) is 16.8 Å². The predicted molar refractivity (Wildman–Crippen MR) is 76.8 cm³/mol. The number of halogens is 2. The van der Waals surface area contributed by atoms with Crippen molar-refractivity contribution in [1.29, 1.82) is 0 Å². The Bertz CT molecular complexity index is 867. The lowest BCUT2D eigenvalue weighted by atomic mass is 10.1. The quantitative estimate of drug-likeness (QED) is 0.689. The highest BCUT2D eigenvalue weighted by atomic mass is 35.7. The number of carbonyl (C=O) groups is 2. The lowest BCUT2D eigenvalue weighted by Crippen LogP contribution is -2.36. The van der Waals surface area contributed by atoms with Crippen molar-refractivity contribution >= 4 is 52.1 Å². The third kappa shape index (κ3) is 4.47. The highest BCUT2D eigenvalue weighted by Crippen LogP contribution is 2.35. The van der Waals surface area contributed by atoms with Gasteiger partial charge in [-0.1, -0.05) is 24.3 Å². The molecular formula is C10H7Cl2NO8S2. The number of fused-ring (bicyclic) bond motifs is 1. The largest absolute Gasteiger partial charge is 0.427 e. The van der Waals surface area contributed by atoms with Crippen LogP contribution in [0.1, 0.15) is 17.2 Å². The van der Waals surface area contributed by atoms with Gasteiger partial charge in [0.15, 0.2) is 6.04 Å². The standard InChI is InChI=1S/C10H7Cl2NO8S2/c11-22(16,17)20-9(14)8-7-4-2-1-3-6(7)5-13(8)10(15)21-23(12,18)19/h1-4,8H,5H2. The van der Waals surface area contributed by atoms with E-state index in [9.17, 15) is 26.4 Å². The second kappa shape index (κ2) is 6.15. The summed E-state index contributed by atoms with van der Waals surface area (Å²) < 4.78 is 51.5. The van der Waals surface area contributed by atoms with E-state index in [0.717, 1.165) is 0 Å². The Hall–Kier alpha value is -1.56. The summed E-state index contributed by atoms with van der Waals surface area (Å²) in [5, 5.41) is 0. The molecule has 2 rings (SSSR count). The van der Waals surface area contributed by atoms with Gasteiger partial charge >= 0.3 is 30.7 Å². The minimum Gasteiger partial charge on any atom is -0.332 e. The van der Waals surface area contributed by atoms with Crippen molar-refractivity contribution in [1.82, 2.24) is 4.90 Å². The number of amides is 1. The van der Waals surface area contributed by atoms with E-state index < -0.39 is 36.8 Å². The summed E-state index contributed by atoms with van der Waals surface area (Å²) in [7, 11) is 0.370. The maximum atomic E-state index is 12.0. The van der Waals surface area contributed by atoms with Gasteiger partial charge in [-0.25, -0.2) is 9.59 Å². The van der Waals surface area contributed by atoms with Crippen LogP contribution in [0.4, 0.5) is 4.79 Å². The Morgan fingerprint density at radius 1 is 1.04 bits per heavy atom. The molecule has 126 valence electrons. The number of nitrogens with zero attached hydrogens (tertiary/aromatic N) is 1. The molecule has 0 bridgehead atoms. The molecule has 1 aromatic rings. The van der Waals surface area contributed by atoms with Crippen LogP contribution in [-0.2, 0) is 38.4 Å². The summed E-state index contributed by atoms with van der Waals surface area (Å²) in [4.78, 5) is 24.5. The number of carbonyl (C=O) groups excluding carboxylic acids is 2. The zero-order valence-corrected chi connectivity index (χ0v) is 14.0. The monoisotopic (exact) mass is 403 g/mol. The molecule has 0 N–H and O–H groups in total. The predicted octanol–water partition coefficient (Wildman–Crippen LogP) is 1.19. The summed E-state index contributed by atoms with van der Waals surface area (Å²) in [6, 6.07) is 4.57. The van der Waals surface area contributed by atoms with Crippen LogP contribution in [0.25, 0.3) is 0 Å². The molecule has 0 fully saturated rings. The first-order chi connectivity index (χ1) is 10.5. The first kappa shape index (κ1) is 17.8. The highest BCUT2D eigenvalue weighted by Gasteiger charge is 2.42. The van der Waals surface area contributed by atoms with Crippen LogP contribution in [0.2, 0.25) is 0 Å². The van der Waals surface area contributed by atoms with Crippen molar-refractivity contribution < 1.29 is 34.8 Å². The molecule has 0 saturated heterocycles. The Morgan fingerprint density at radius 3 is 2.17 bits per heavy atom. The maximum absolute atomic E-state index is 12.0. The Kier molecular flexibility index (Phi) is 4.76. The van der Waals surface area contributed by atoms with Crippen molar-refractivity contribution in [2.75, 3.05) is 0 Å². The van der Waals surface area contributed by atoms with Crippen molar-refractivity contribution in [3.63, 3.8) is 0 Å². The molecule has 0 aromatic heterocycles. The molecule has 0 radical (unpaired) electrons. The fourth-order valence-corrected chi connectivity index (χ4v) is 2.99. The third-order valence-electron chi connectivity index (χ3n) is 2.81. The minimum atomic E-state index is -4.65. The molecule has 1 heterocycles. The summed E-state index contributed by atoms with van der Waals surface area (Å²) in [6.07, 6.45) is -1.47. The van der Waals surface area contributed by atoms with E-state index in [1.165, 1.54) is 12.1 Å². The molecule has 0 aliphatic carbocycles. The minimum absolute atomic E-state index is 0.219. The first-order valence-electron chi connectivity index (χ1n) is 5.68. The second-order valence-corrected chi connectivity index (χ2v) is 8.44. The summed E-state index contributed by atoms with van der Waals surface area (Å²) in [6.45, 7) is -0.219. The number of benzene rings is 1. The molecule has 1 aliphatic rings. The van der Waals surface area contributed by atoms with E-state index in [4.69, 9.17) is 21.4 Å². The zero-order valence-electron chi connectivity index (χ0n) is 10.9. The third-order valence-corrected chi connectivity index (χ3v) is 3.90. The molecule has 23 heavy (non-hydrogen) atoms. The Morgan fingerprint density at radius 2 is 1.61 bits per heavy atom. The van der Waals surface area contributed by atoms with Crippen molar-refractivity contribution in [2.24, 2.45) is 0 Å². The fourth-order valence-electron chi connectivity index (χ4n) is 2.09. The lowest BCUT2D eigenvalue weighted by molar-refractivity contribution is -0.138. The molecule has 0 spiro atoms. The molecule has 0 saturated carbocycles. The van der Waals surface area contributed by atoms with Crippen molar-refractivity contribution in [2.45, 2.75) is 12.6 Å². The Labute approximate surface area is 139 Å². The molecule has 1 aliphatic heterocycles. The van der Waals surface area contributed by atoms with Gasteiger partial charge in [-0.05, 0) is 11.1 Å². The second-order valence-electron chi connectivity index (χ2n) is 4.27. The molecule has 1 unspecified atom stereocenters. The van der Waals surface area contributed by atoms with E-state index in [-0.39, 0.29) is 12.1 Å². The van der Waals surface area contributed by atoms with Crippen LogP contribution in [0.5, 0.6) is 0 Å². The van der Waals surface area contributed by atoms with Crippen molar-refractivity contribution in [3.8, 4) is 0 Å². The molecule has 1 atom stereocenters. The smallest absolute Gasteiger partial charge is 0.332 e. The topological polar surface area (TPSA) is 124 Å². The number of hydrogen-bond donors (Lipinski definition) is 0. The number of hydrogen-bond acceptors (Lipinski definition) is 8. The average Bonchev–Trinajstić information content (AvgIpc) is 2.73. The summed E-state index contributed by atoms with van der Waals surface area (Å²) in [5.74, 6) is -1.39. The normalized spacial score (nSPS) is 17.5. The van der Waals surface area contributed by atoms with E-state index in [1.807, 2.05) is 0 Å². The molecule has 9 nitrogen and oxygen atoms in total. The maximum Gasteiger partial charge on any atom is 0.427 e. The first-order valence-corrected chi connectivity index (χ1v) is 10.2. The fraction of sp³-hybridized carbons (Fsp3) is 0.200. The summed E-state index contributed by atoms with van der Waals surface area (Å²) in [5.41, 5.74) is 0.701.